The fourth-order valence-corrected chi connectivity index (χ4v) is 8.38. The lowest BCUT2D eigenvalue weighted by atomic mass is 9.99. The number of quaternary nitrogens is 2. The van der Waals surface area contributed by atoms with E-state index in [1.807, 2.05) is 74.5 Å². The highest BCUT2D eigenvalue weighted by molar-refractivity contribution is 6.11. The summed E-state index contributed by atoms with van der Waals surface area (Å²) in [6.07, 6.45) is 3.49. The number of hydrogen-bond donors (Lipinski definition) is 6. The lowest BCUT2D eigenvalue weighted by Crippen LogP contribution is -2.45. The Labute approximate surface area is 413 Å². The van der Waals surface area contributed by atoms with Crippen molar-refractivity contribution in [3.63, 3.8) is 0 Å². The molecular formula is C52H76N12O6+2. The molecule has 18 heteroatoms. The molecule has 378 valence electrons. The van der Waals surface area contributed by atoms with Crippen LogP contribution in [0.25, 0.3) is 11.1 Å². The van der Waals surface area contributed by atoms with Crippen LogP contribution in [0.5, 0.6) is 11.5 Å². The van der Waals surface area contributed by atoms with Gasteiger partial charge in [0.15, 0.2) is 11.6 Å². The van der Waals surface area contributed by atoms with Crippen LogP contribution in [0.15, 0.2) is 93.3 Å². The Morgan fingerprint density at radius 3 is 1.17 bits per heavy atom. The lowest BCUT2D eigenvalue weighted by molar-refractivity contribution is -0.922. The topological polar surface area (TPSA) is 264 Å². The number of aryl methyl sites for hydroxylation is 2. The van der Waals surface area contributed by atoms with E-state index in [4.69, 9.17) is 32.4 Å². The molecule has 2 unspecified atom stereocenters. The van der Waals surface area contributed by atoms with Crippen LogP contribution in [0, 0.1) is 13.8 Å². The number of hydrogen-bond acceptors (Lipinski definition) is 14. The van der Waals surface area contributed by atoms with Gasteiger partial charge in [0.05, 0.1) is 54.5 Å². The molecule has 4 aromatic carbocycles. The molecule has 10 N–H and O–H groups in total. The summed E-state index contributed by atoms with van der Waals surface area (Å²) in [5.74, 6) is -1.29. The summed E-state index contributed by atoms with van der Waals surface area (Å²) in [4.78, 5) is 52.8. The van der Waals surface area contributed by atoms with Crippen LogP contribution < -0.4 is 43.0 Å². The van der Waals surface area contributed by atoms with Gasteiger partial charge in [0.2, 0.25) is 12.1 Å². The second-order valence-electron chi connectivity index (χ2n) is 18.5. The van der Waals surface area contributed by atoms with E-state index in [1.165, 1.54) is 28.1 Å². The Morgan fingerprint density at radius 1 is 0.543 bits per heavy atom. The van der Waals surface area contributed by atoms with Gasteiger partial charge in [0.25, 0.3) is 11.8 Å². The summed E-state index contributed by atoms with van der Waals surface area (Å²) in [5.41, 5.74) is 30.3. The monoisotopic (exact) mass is 965 g/mol. The van der Waals surface area contributed by atoms with E-state index in [1.54, 1.807) is 12.1 Å². The van der Waals surface area contributed by atoms with E-state index in [2.05, 4.69) is 45.2 Å². The molecule has 0 fully saturated rings. The number of Topliss-reactive ketones (excluding diaryl/α,β-unsaturated/α-hetero) is 2. The molecule has 4 rings (SSSR count). The number of ketones is 2. The first-order chi connectivity index (χ1) is 33.4. The van der Waals surface area contributed by atoms with Crippen molar-refractivity contribution in [1.29, 1.82) is 0 Å². The first-order valence-electron chi connectivity index (χ1n) is 23.9. The molecule has 0 saturated carbocycles. The number of benzene rings is 4. The molecule has 0 radical (unpaired) electrons. The first-order valence-corrected chi connectivity index (χ1v) is 23.9. The van der Waals surface area contributed by atoms with Gasteiger partial charge in [0, 0.05) is 48.2 Å². The van der Waals surface area contributed by atoms with Gasteiger partial charge in [-0.1, -0.05) is 12.1 Å². The molecule has 0 aliphatic rings. The summed E-state index contributed by atoms with van der Waals surface area (Å²) in [6.45, 7) is 13.6. The quantitative estimate of drug-likeness (QED) is 0.0192. The van der Waals surface area contributed by atoms with Crippen molar-refractivity contribution in [3.8, 4) is 22.6 Å². The summed E-state index contributed by atoms with van der Waals surface area (Å²) in [6, 6.07) is 19.5. The van der Waals surface area contributed by atoms with E-state index in [-0.39, 0.29) is 0 Å². The molecule has 0 heterocycles. The van der Waals surface area contributed by atoms with Crippen molar-refractivity contribution in [1.82, 2.24) is 0 Å². The number of anilines is 2. The average molecular weight is 965 g/mol. The van der Waals surface area contributed by atoms with Crippen LogP contribution in [0.3, 0.4) is 0 Å². The van der Waals surface area contributed by atoms with Crippen molar-refractivity contribution in [2.75, 3.05) is 91.3 Å². The normalized spacial score (nSPS) is 12.8. The third-order valence-corrected chi connectivity index (χ3v) is 12.4. The summed E-state index contributed by atoms with van der Waals surface area (Å²) >= 11 is 0. The molecule has 70 heavy (non-hydrogen) atoms. The number of carbonyl (C=O) groups excluding carboxylic acids is 4. The van der Waals surface area contributed by atoms with Gasteiger partial charge in [0.1, 0.15) is 36.0 Å². The van der Waals surface area contributed by atoms with Crippen LogP contribution in [0.2, 0.25) is 0 Å². The number of methoxy groups -OCH3 is 2. The van der Waals surface area contributed by atoms with E-state index in [9.17, 15) is 19.2 Å². The first kappa shape index (κ1) is 56.3. The van der Waals surface area contributed by atoms with Crippen LogP contribution in [0.4, 0.5) is 22.7 Å². The molecule has 0 aromatic heterocycles. The van der Waals surface area contributed by atoms with Crippen molar-refractivity contribution >= 4 is 46.1 Å². The molecule has 0 saturated heterocycles. The number of carbonyl (C=O) groups is 4. The van der Waals surface area contributed by atoms with Crippen molar-refractivity contribution in [2.45, 2.75) is 78.6 Å². The van der Waals surface area contributed by atoms with Crippen LogP contribution in [0.1, 0.15) is 61.8 Å². The number of nitrogens with one attached hydrogen (secondary N) is 2. The molecule has 0 aliphatic carbocycles. The summed E-state index contributed by atoms with van der Waals surface area (Å²) in [5, 5.41) is 22.9. The molecule has 18 nitrogen and oxygen atoms in total. The van der Waals surface area contributed by atoms with Gasteiger partial charge in [-0.15, -0.1) is 0 Å². The number of nitrogens with zero attached hydrogens (tertiary/aromatic N) is 6. The lowest BCUT2D eigenvalue weighted by Gasteiger charge is -2.35. The van der Waals surface area contributed by atoms with E-state index in [0.717, 1.165) is 94.2 Å². The molecule has 4 aromatic rings. The molecule has 2 atom stereocenters. The number of amides is 2. The number of nitrogens with two attached hydrogens (primary N) is 4. The maximum absolute atomic E-state index is 13.6. The summed E-state index contributed by atoms with van der Waals surface area (Å²) < 4.78 is 12.6. The van der Waals surface area contributed by atoms with Gasteiger partial charge >= 0.3 is 0 Å². The van der Waals surface area contributed by atoms with Gasteiger partial charge in [-0.25, -0.2) is 0 Å². The predicted octanol–water partition coefficient (Wildman–Crippen LogP) is 6.64. The van der Waals surface area contributed by atoms with E-state index >= 15 is 0 Å². The average Bonchev–Trinajstić information content (AvgIpc) is 3.32. The molecule has 0 spiro atoms. The smallest absolute Gasteiger partial charge is 0.258 e. The zero-order valence-corrected chi connectivity index (χ0v) is 42.4. The second kappa shape index (κ2) is 27.2. The van der Waals surface area contributed by atoms with Crippen molar-refractivity contribution in [3.05, 3.63) is 95.1 Å². The molecule has 0 aliphatic heterocycles. The Morgan fingerprint density at radius 2 is 0.886 bits per heavy atom. The van der Waals surface area contributed by atoms with E-state index < -0.39 is 35.5 Å². The number of azo groups is 2. The van der Waals surface area contributed by atoms with E-state index in [0.29, 0.717) is 73.5 Å². The van der Waals surface area contributed by atoms with Gasteiger partial charge in [-0.05, 0) is 137 Å². The zero-order chi connectivity index (χ0) is 51.4. The van der Waals surface area contributed by atoms with Crippen LogP contribution in [-0.4, -0.2) is 125 Å². The summed E-state index contributed by atoms with van der Waals surface area (Å²) in [7, 11) is 7.41. The third kappa shape index (κ3) is 16.4. The molecular weight excluding hydrogens is 889 g/mol. The highest BCUT2D eigenvalue weighted by Gasteiger charge is 2.27. The second-order valence-corrected chi connectivity index (χ2v) is 18.5. The Kier molecular flexibility index (Phi) is 21.9. The number of rotatable bonds is 29. The SMILES string of the molecule is COc1ccc(C[N+](C)(CCCN)CCCN)cc1N=NC(C(C)=O)C(=O)Nc1ccc(-c2ccc(NC(=O)C(N=Nc3cc(C[N+](C)(CCCN)CCCN)ccc3OC)C(C)=O)c(C)c2)cc1C. The fourth-order valence-electron chi connectivity index (χ4n) is 8.38. The minimum absolute atomic E-state index is 0.402. The third-order valence-electron chi connectivity index (χ3n) is 12.4. The Bertz CT molecular complexity index is 2290. The number of ether oxygens (including phenoxy) is 2. The van der Waals surface area contributed by atoms with Crippen LogP contribution >= 0.6 is 0 Å². The maximum Gasteiger partial charge on any atom is 0.258 e. The largest absolute Gasteiger partial charge is 0.494 e. The van der Waals surface area contributed by atoms with Crippen molar-refractivity contribution in [2.24, 2.45) is 43.4 Å². The van der Waals surface area contributed by atoms with Gasteiger partial charge in [-0.2, -0.15) is 20.5 Å². The molecule has 2 amide bonds. The Balaban J connectivity index is 1.47. The van der Waals surface area contributed by atoms with Crippen LogP contribution in [-0.2, 0) is 32.3 Å². The maximum atomic E-state index is 13.6. The fraction of sp³-hybridized carbons (Fsp3) is 0.462. The highest BCUT2D eigenvalue weighted by atomic mass is 16.5. The minimum atomic E-state index is -1.41. The highest BCUT2D eigenvalue weighted by Crippen LogP contribution is 2.33. The van der Waals surface area contributed by atoms with Gasteiger partial charge < -0.3 is 52.0 Å². The molecule has 0 bridgehead atoms. The zero-order valence-electron chi connectivity index (χ0n) is 42.4. The predicted molar refractivity (Wildman–Crippen MR) is 276 cm³/mol. The Hall–Kier alpha value is -6.28. The van der Waals surface area contributed by atoms with Gasteiger partial charge in [-0.3, -0.25) is 19.2 Å². The standard InChI is InChI=1S/C52H74N12O6/c1-35-29-41(15-17-43(35)57-51(67)49(37(3)65)61-59-45-31-39(13-19-47(45)69-7)33-63(5,25-9-21-53)26-10-22-54)42-16-18-44(36(2)30-42)58-52(68)50(38(4)66)62-60-46-32-40(14-20-48(46)70-8)34-64(6,27-11-23-55)28-12-24-56/h13-20,29-32,49-50H,9-12,21-28,33-34,53-56H2,1-8H3/p+2. The minimum Gasteiger partial charge on any atom is -0.494 e. The van der Waals surface area contributed by atoms with Crippen molar-refractivity contribution < 1.29 is 37.6 Å².